The number of hydrogen-bond acceptors (Lipinski definition) is 2. The van der Waals surface area contributed by atoms with E-state index >= 15 is 0 Å². The van der Waals surface area contributed by atoms with E-state index in [1.54, 1.807) is 19.1 Å². The molecule has 1 N–H and O–H groups in total. The first kappa shape index (κ1) is 12.5. The lowest BCUT2D eigenvalue weighted by molar-refractivity contribution is 0.618. The molecule has 1 fully saturated rings. The number of benzene rings is 1. The molecule has 19 heavy (non-hydrogen) atoms. The molecule has 0 saturated heterocycles. The van der Waals surface area contributed by atoms with Gasteiger partial charge in [0.05, 0.1) is 5.69 Å². The zero-order valence-electron chi connectivity index (χ0n) is 10.3. The second kappa shape index (κ2) is 4.56. The normalized spacial score (nSPS) is 14.7. The first-order chi connectivity index (χ1) is 9.06. The fourth-order valence-corrected chi connectivity index (χ4v) is 2.54. The maximum atomic E-state index is 13.3. The van der Waals surface area contributed by atoms with Gasteiger partial charge in [-0.2, -0.15) is 0 Å². The standard InChI is InChI=1S/C14H12BrFN2O/c1-7-6-9(4-5-10(7)16)13-17-12(8-2-3-8)11(15)14(19)18-13/h4-6,8H,2-3H2,1H3,(H,17,18,19). The third-order valence-corrected chi connectivity index (χ3v) is 4.05. The van der Waals surface area contributed by atoms with E-state index in [0.717, 1.165) is 24.1 Å². The third kappa shape index (κ3) is 2.34. The van der Waals surface area contributed by atoms with Gasteiger partial charge in [0.25, 0.3) is 5.56 Å². The Bertz CT molecular complexity index is 707. The number of hydrogen-bond donors (Lipinski definition) is 1. The minimum absolute atomic E-state index is 0.186. The van der Waals surface area contributed by atoms with Gasteiger partial charge in [-0.25, -0.2) is 9.37 Å². The topological polar surface area (TPSA) is 45.8 Å². The fraction of sp³-hybridized carbons (Fsp3) is 0.286. The molecule has 1 aromatic heterocycles. The van der Waals surface area contributed by atoms with Gasteiger partial charge in [-0.05, 0) is 59.5 Å². The van der Waals surface area contributed by atoms with Crippen LogP contribution in [0.25, 0.3) is 11.4 Å². The maximum absolute atomic E-state index is 13.3. The second-order valence-electron chi connectivity index (χ2n) is 4.85. The van der Waals surface area contributed by atoms with Crippen LogP contribution in [0.2, 0.25) is 0 Å². The molecule has 0 spiro atoms. The highest BCUT2D eigenvalue weighted by molar-refractivity contribution is 9.10. The first-order valence-electron chi connectivity index (χ1n) is 6.12. The van der Waals surface area contributed by atoms with E-state index in [4.69, 9.17) is 0 Å². The molecule has 1 aliphatic carbocycles. The molecule has 0 aliphatic heterocycles. The zero-order chi connectivity index (χ0) is 13.6. The number of aryl methyl sites for hydroxylation is 1. The summed E-state index contributed by atoms with van der Waals surface area (Å²) in [6.45, 7) is 1.69. The van der Waals surface area contributed by atoms with Gasteiger partial charge in [-0.3, -0.25) is 4.79 Å². The number of aromatic amines is 1. The summed E-state index contributed by atoms with van der Waals surface area (Å²) in [4.78, 5) is 19.1. The van der Waals surface area contributed by atoms with Crippen molar-refractivity contribution in [2.75, 3.05) is 0 Å². The van der Waals surface area contributed by atoms with Gasteiger partial charge in [-0.1, -0.05) is 0 Å². The van der Waals surface area contributed by atoms with Crippen LogP contribution in [0.4, 0.5) is 4.39 Å². The van der Waals surface area contributed by atoms with Crippen LogP contribution in [0.1, 0.15) is 30.0 Å². The average Bonchev–Trinajstić information content (AvgIpc) is 3.20. The fourth-order valence-electron chi connectivity index (χ4n) is 2.03. The Kier molecular flexibility index (Phi) is 3.01. The van der Waals surface area contributed by atoms with Crippen molar-refractivity contribution in [3.05, 3.63) is 50.1 Å². The van der Waals surface area contributed by atoms with Crippen LogP contribution in [0.15, 0.2) is 27.5 Å². The van der Waals surface area contributed by atoms with Crippen molar-refractivity contribution in [2.24, 2.45) is 0 Å². The molecule has 0 unspecified atom stereocenters. The van der Waals surface area contributed by atoms with E-state index in [1.807, 2.05) is 0 Å². The largest absolute Gasteiger partial charge is 0.306 e. The first-order valence-corrected chi connectivity index (χ1v) is 6.92. The lowest BCUT2D eigenvalue weighted by Crippen LogP contribution is -2.13. The van der Waals surface area contributed by atoms with Gasteiger partial charge in [0, 0.05) is 11.5 Å². The lowest BCUT2D eigenvalue weighted by Gasteiger charge is -2.07. The van der Waals surface area contributed by atoms with E-state index in [0.29, 0.717) is 21.8 Å². The molecule has 0 bridgehead atoms. The van der Waals surface area contributed by atoms with Crippen molar-refractivity contribution in [1.82, 2.24) is 9.97 Å². The van der Waals surface area contributed by atoms with Gasteiger partial charge in [0.1, 0.15) is 16.1 Å². The van der Waals surface area contributed by atoms with E-state index in [2.05, 4.69) is 25.9 Å². The number of nitrogens with zero attached hydrogens (tertiary/aromatic N) is 1. The van der Waals surface area contributed by atoms with Crippen molar-refractivity contribution < 1.29 is 4.39 Å². The highest BCUT2D eigenvalue weighted by atomic mass is 79.9. The summed E-state index contributed by atoms with van der Waals surface area (Å²) in [6.07, 6.45) is 2.13. The number of H-pyrrole nitrogens is 1. The minimum Gasteiger partial charge on any atom is -0.306 e. The molecule has 1 saturated carbocycles. The van der Waals surface area contributed by atoms with Gasteiger partial charge in [0.2, 0.25) is 0 Å². The number of aromatic nitrogens is 2. The van der Waals surface area contributed by atoms with E-state index in [-0.39, 0.29) is 11.4 Å². The molecule has 2 aromatic rings. The molecular formula is C14H12BrFN2O. The predicted octanol–water partition coefficient (Wildman–Crippen LogP) is 3.52. The Morgan fingerprint density at radius 2 is 2.16 bits per heavy atom. The van der Waals surface area contributed by atoms with Crippen LogP contribution in [-0.2, 0) is 0 Å². The number of rotatable bonds is 2. The van der Waals surface area contributed by atoms with Crippen LogP contribution in [-0.4, -0.2) is 9.97 Å². The van der Waals surface area contributed by atoms with Crippen molar-refractivity contribution in [3.8, 4) is 11.4 Å². The van der Waals surface area contributed by atoms with Crippen LogP contribution in [0.3, 0.4) is 0 Å². The Morgan fingerprint density at radius 3 is 2.79 bits per heavy atom. The molecule has 1 aliphatic rings. The number of nitrogens with one attached hydrogen (secondary N) is 1. The summed E-state index contributed by atoms with van der Waals surface area (Å²) in [5, 5.41) is 0. The zero-order valence-corrected chi connectivity index (χ0v) is 11.9. The highest BCUT2D eigenvalue weighted by Gasteiger charge is 2.29. The molecule has 0 atom stereocenters. The second-order valence-corrected chi connectivity index (χ2v) is 5.64. The Balaban J connectivity index is 2.14. The van der Waals surface area contributed by atoms with E-state index < -0.39 is 0 Å². The molecule has 3 nitrogen and oxygen atoms in total. The Hall–Kier alpha value is -1.49. The highest BCUT2D eigenvalue weighted by Crippen LogP contribution is 2.41. The van der Waals surface area contributed by atoms with Gasteiger partial charge >= 0.3 is 0 Å². The molecular weight excluding hydrogens is 311 g/mol. The molecule has 1 aromatic carbocycles. The van der Waals surface area contributed by atoms with Gasteiger partial charge in [0.15, 0.2) is 0 Å². The van der Waals surface area contributed by atoms with Crippen molar-refractivity contribution in [3.63, 3.8) is 0 Å². The summed E-state index contributed by atoms with van der Waals surface area (Å²) in [6, 6.07) is 4.72. The van der Waals surface area contributed by atoms with Crippen molar-refractivity contribution in [1.29, 1.82) is 0 Å². The van der Waals surface area contributed by atoms with Crippen LogP contribution in [0.5, 0.6) is 0 Å². The van der Waals surface area contributed by atoms with Crippen LogP contribution in [0, 0.1) is 12.7 Å². The van der Waals surface area contributed by atoms with Crippen molar-refractivity contribution in [2.45, 2.75) is 25.7 Å². The van der Waals surface area contributed by atoms with E-state index in [9.17, 15) is 9.18 Å². The molecule has 0 radical (unpaired) electrons. The monoisotopic (exact) mass is 322 g/mol. The summed E-state index contributed by atoms with van der Waals surface area (Å²) in [7, 11) is 0. The maximum Gasteiger partial charge on any atom is 0.265 e. The predicted molar refractivity (Wildman–Crippen MR) is 74.7 cm³/mol. The Morgan fingerprint density at radius 1 is 1.42 bits per heavy atom. The molecule has 3 rings (SSSR count). The number of halogens is 2. The van der Waals surface area contributed by atoms with Crippen LogP contribution >= 0.6 is 15.9 Å². The summed E-state index contributed by atoms with van der Waals surface area (Å²) >= 11 is 3.29. The van der Waals surface area contributed by atoms with Crippen molar-refractivity contribution >= 4 is 15.9 Å². The molecule has 98 valence electrons. The molecule has 0 amide bonds. The summed E-state index contributed by atoms with van der Waals surface area (Å²) in [5.74, 6) is 0.612. The van der Waals surface area contributed by atoms with Gasteiger partial charge in [-0.15, -0.1) is 0 Å². The quantitative estimate of drug-likeness (QED) is 0.919. The Labute approximate surface area is 118 Å². The lowest BCUT2D eigenvalue weighted by atomic mass is 10.1. The summed E-state index contributed by atoms with van der Waals surface area (Å²) < 4.78 is 13.8. The third-order valence-electron chi connectivity index (χ3n) is 3.28. The molecule has 1 heterocycles. The van der Waals surface area contributed by atoms with E-state index in [1.165, 1.54) is 6.07 Å². The summed E-state index contributed by atoms with van der Waals surface area (Å²) in [5.41, 5.74) is 1.89. The SMILES string of the molecule is Cc1cc(-c2nc(C3CC3)c(Br)c(=O)[nH]2)ccc1F. The van der Waals surface area contributed by atoms with Gasteiger partial charge < -0.3 is 4.98 Å². The average molecular weight is 323 g/mol. The molecule has 5 heteroatoms. The van der Waals surface area contributed by atoms with Crippen LogP contribution < -0.4 is 5.56 Å². The minimum atomic E-state index is -0.259. The smallest absolute Gasteiger partial charge is 0.265 e.